The summed E-state index contributed by atoms with van der Waals surface area (Å²) in [6.45, 7) is 7.51. The minimum Gasteiger partial charge on any atom is -0.508 e. The van der Waals surface area contributed by atoms with Crippen LogP contribution in [0.3, 0.4) is 0 Å². The molecule has 0 bridgehead atoms. The summed E-state index contributed by atoms with van der Waals surface area (Å²) in [5, 5.41) is 29.8. The molecule has 3 atom stereocenters. The molecule has 1 saturated carbocycles. The van der Waals surface area contributed by atoms with Gasteiger partial charge < -0.3 is 20.1 Å². The molecule has 1 aliphatic heterocycles. The number of carboxylic acids is 1. The van der Waals surface area contributed by atoms with Crippen molar-refractivity contribution in [1.82, 2.24) is 0 Å². The van der Waals surface area contributed by atoms with Crippen molar-refractivity contribution in [3.8, 4) is 11.5 Å². The topological polar surface area (TPSA) is 87.0 Å². The summed E-state index contributed by atoms with van der Waals surface area (Å²) in [5.74, 6) is 0.356. The van der Waals surface area contributed by atoms with Gasteiger partial charge in [0.2, 0.25) is 0 Å². The molecule has 1 fully saturated rings. The zero-order valence-electron chi connectivity index (χ0n) is 15.4. The number of ether oxygens (including phenoxy) is 1. The number of carboxylic acid groups (broad SMARTS) is 1. The fraction of sp³-hybridized carbons (Fsp3) is 0.650. The first-order valence-electron chi connectivity index (χ1n) is 8.98. The summed E-state index contributed by atoms with van der Waals surface area (Å²) in [6.07, 6.45) is 2.73. The van der Waals surface area contributed by atoms with Crippen molar-refractivity contribution in [3.63, 3.8) is 0 Å². The number of aromatic hydroxyl groups is 1. The van der Waals surface area contributed by atoms with Gasteiger partial charge in [-0.05, 0) is 76.5 Å². The van der Waals surface area contributed by atoms with E-state index in [4.69, 9.17) is 4.74 Å². The van der Waals surface area contributed by atoms with Gasteiger partial charge in [0.1, 0.15) is 17.1 Å². The Morgan fingerprint density at radius 2 is 2.00 bits per heavy atom. The summed E-state index contributed by atoms with van der Waals surface area (Å²) < 4.78 is 6.24. The molecule has 0 aromatic heterocycles. The molecule has 1 heterocycles. The van der Waals surface area contributed by atoms with Crippen LogP contribution in [0.15, 0.2) is 12.1 Å². The Kier molecular flexibility index (Phi) is 4.26. The first kappa shape index (κ1) is 18.1. The summed E-state index contributed by atoms with van der Waals surface area (Å²) in [5.41, 5.74) is -0.208. The van der Waals surface area contributed by atoms with Crippen LogP contribution >= 0.6 is 0 Å². The molecular formula is C20H28O5. The summed E-state index contributed by atoms with van der Waals surface area (Å²) in [7, 11) is 0. The SMILES string of the molecule is CC(C)(C(=O)O)c1cc(O)c2c(c1)OC(C)(C)[C@@H]1CC[C@@H](CO)C[C@@H]21. The lowest BCUT2D eigenvalue weighted by Gasteiger charge is -2.49. The molecular weight excluding hydrogens is 320 g/mol. The fourth-order valence-electron chi connectivity index (χ4n) is 4.49. The summed E-state index contributed by atoms with van der Waals surface area (Å²) >= 11 is 0. The maximum absolute atomic E-state index is 11.6. The predicted molar refractivity (Wildman–Crippen MR) is 94.1 cm³/mol. The highest BCUT2D eigenvalue weighted by atomic mass is 16.5. The van der Waals surface area contributed by atoms with Crippen molar-refractivity contribution in [2.45, 2.75) is 63.9 Å². The maximum atomic E-state index is 11.6. The van der Waals surface area contributed by atoms with E-state index in [1.165, 1.54) is 0 Å². The molecule has 0 saturated heterocycles. The highest BCUT2D eigenvalue weighted by molar-refractivity contribution is 5.81. The van der Waals surface area contributed by atoms with Crippen molar-refractivity contribution < 1.29 is 24.9 Å². The van der Waals surface area contributed by atoms with Gasteiger partial charge in [-0.1, -0.05) is 0 Å². The molecule has 5 heteroatoms. The largest absolute Gasteiger partial charge is 0.508 e. The van der Waals surface area contributed by atoms with Gasteiger partial charge in [-0.3, -0.25) is 4.79 Å². The highest BCUT2D eigenvalue weighted by Crippen LogP contribution is 2.55. The van der Waals surface area contributed by atoms with Crippen LogP contribution in [0.5, 0.6) is 11.5 Å². The van der Waals surface area contributed by atoms with Gasteiger partial charge in [-0.2, -0.15) is 0 Å². The number of aliphatic carboxylic acids is 1. The van der Waals surface area contributed by atoms with Crippen LogP contribution in [0.4, 0.5) is 0 Å². The van der Waals surface area contributed by atoms with Gasteiger partial charge >= 0.3 is 5.97 Å². The van der Waals surface area contributed by atoms with Gasteiger partial charge in [0.05, 0.1) is 5.41 Å². The van der Waals surface area contributed by atoms with E-state index in [1.54, 1.807) is 26.0 Å². The monoisotopic (exact) mass is 348 g/mol. The van der Waals surface area contributed by atoms with Gasteiger partial charge in [0.25, 0.3) is 0 Å². The van der Waals surface area contributed by atoms with E-state index in [1.807, 2.05) is 0 Å². The molecule has 3 N–H and O–H groups in total. The number of rotatable bonds is 3. The number of benzene rings is 1. The van der Waals surface area contributed by atoms with Crippen molar-refractivity contribution >= 4 is 5.97 Å². The zero-order valence-corrected chi connectivity index (χ0v) is 15.4. The van der Waals surface area contributed by atoms with E-state index < -0.39 is 17.0 Å². The van der Waals surface area contributed by atoms with E-state index in [9.17, 15) is 20.1 Å². The average molecular weight is 348 g/mol. The second-order valence-electron chi connectivity index (χ2n) is 8.62. The minimum absolute atomic E-state index is 0.103. The average Bonchev–Trinajstić information content (AvgIpc) is 2.52. The number of fused-ring (bicyclic) bond motifs is 3. The molecule has 0 spiro atoms. The predicted octanol–water partition coefficient (Wildman–Crippen LogP) is 3.42. The van der Waals surface area contributed by atoms with Crippen LogP contribution in [0.1, 0.15) is 64.0 Å². The molecule has 3 rings (SSSR count). The molecule has 5 nitrogen and oxygen atoms in total. The Labute approximate surface area is 148 Å². The second-order valence-corrected chi connectivity index (χ2v) is 8.62. The van der Waals surface area contributed by atoms with Crippen LogP contribution < -0.4 is 4.74 Å². The van der Waals surface area contributed by atoms with E-state index in [2.05, 4.69) is 13.8 Å². The molecule has 25 heavy (non-hydrogen) atoms. The Morgan fingerprint density at radius 1 is 1.32 bits per heavy atom. The number of carbonyl (C=O) groups is 1. The molecule has 1 aliphatic carbocycles. The van der Waals surface area contributed by atoms with Crippen molar-refractivity contribution in [2.24, 2.45) is 11.8 Å². The smallest absolute Gasteiger partial charge is 0.313 e. The summed E-state index contributed by atoms with van der Waals surface area (Å²) in [4.78, 5) is 11.6. The Hall–Kier alpha value is -1.75. The van der Waals surface area contributed by atoms with Crippen molar-refractivity contribution in [3.05, 3.63) is 23.3 Å². The molecule has 1 aromatic carbocycles. The lowest BCUT2D eigenvalue weighted by Crippen LogP contribution is -2.47. The number of hydrogen-bond donors (Lipinski definition) is 3. The highest BCUT2D eigenvalue weighted by Gasteiger charge is 2.48. The van der Waals surface area contributed by atoms with E-state index in [0.717, 1.165) is 24.8 Å². The van der Waals surface area contributed by atoms with Crippen LogP contribution in [0, 0.1) is 11.8 Å². The Bertz CT molecular complexity index is 692. The van der Waals surface area contributed by atoms with Gasteiger partial charge in [-0.25, -0.2) is 0 Å². The minimum atomic E-state index is -1.11. The van der Waals surface area contributed by atoms with E-state index in [0.29, 0.717) is 11.3 Å². The Balaban J connectivity index is 2.11. The molecule has 0 unspecified atom stereocenters. The van der Waals surface area contributed by atoms with Crippen LogP contribution in [-0.2, 0) is 10.2 Å². The van der Waals surface area contributed by atoms with Crippen LogP contribution in [0.25, 0.3) is 0 Å². The summed E-state index contributed by atoms with van der Waals surface area (Å²) in [6, 6.07) is 3.33. The lowest BCUT2D eigenvalue weighted by molar-refractivity contribution is -0.142. The first-order chi connectivity index (χ1) is 11.6. The van der Waals surface area contributed by atoms with E-state index in [-0.39, 0.29) is 30.1 Å². The van der Waals surface area contributed by atoms with Crippen molar-refractivity contribution in [1.29, 1.82) is 0 Å². The second kappa shape index (κ2) is 5.90. The molecule has 138 valence electrons. The molecule has 2 aliphatic rings. The molecule has 0 radical (unpaired) electrons. The molecule has 0 amide bonds. The Morgan fingerprint density at radius 3 is 2.60 bits per heavy atom. The third-order valence-electron chi connectivity index (χ3n) is 6.23. The number of phenols is 1. The standard InChI is InChI=1S/C20H28O5/c1-19(2,18(23)24)12-8-15(22)17-13-7-11(10-21)5-6-14(13)20(3,4)25-16(17)9-12/h8-9,11,13-14,21-22H,5-7,10H2,1-4H3,(H,23,24)/t11-,13-,14-/m1/s1. The van der Waals surface area contributed by atoms with E-state index >= 15 is 0 Å². The van der Waals surface area contributed by atoms with Crippen LogP contribution in [-0.4, -0.2) is 33.5 Å². The number of hydrogen-bond acceptors (Lipinski definition) is 4. The third kappa shape index (κ3) is 2.88. The normalized spacial score (nSPS) is 27.8. The first-order valence-corrected chi connectivity index (χ1v) is 8.98. The van der Waals surface area contributed by atoms with Crippen LogP contribution in [0.2, 0.25) is 0 Å². The van der Waals surface area contributed by atoms with Gasteiger partial charge in [0, 0.05) is 18.1 Å². The zero-order chi connectivity index (χ0) is 18.6. The molecule has 1 aromatic rings. The number of aliphatic hydroxyl groups excluding tert-OH is 1. The third-order valence-corrected chi connectivity index (χ3v) is 6.23. The maximum Gasteiger partial charge on any atom is 0.313 e. The van der Waals surface area contributed by atoms with Crippen molar-refractivity contribution in [2.75, 3.05) is 6.61 Å². The fourth-order valence-corrected chi connectivity index (χ4v) is 4.49. The lowest BCUT2D eigenvalue weighted by atomic mass is 9.63. The number of phenolic OH excluding ortho intramolecular Hbond substituents is 1. The quantitative estimate of drug-likeness (QED) is 0.779. The van der Waals surface area contributed by atoms with Gasteiger partial charge in [-0.15, -0.1) is 0 Å². The van der Waals surface area contributed by atoms with Gasteiger partial charge in [0.15, 0.2) is 0 Å². The number of aliphatic hydroxyl groups is 1.